The van der Waals surface area contributed by atoms with Crippen molar-refractivity contribution in [2.45, 2.75) is 52.4 Å². The van der Waals surface area contributed by atoms with Gasteiger partial charge in [0.2, 0.25) is 0 Å². The number of hydrogen-bond donors (Lipinski definition) is 1. The Kier molecular flexibility index (Phi) is 7.82. The Morgan fingerprint density at radius 1 is 1.28 bits per heavy atom. The quantitative estimate of drug-likeness (QED) is 0.675. The van der Waals surface area contributed by atoms with Gasteiger partial charge < -0.3 is 15.2 Å². The van der Waals surface area contributed by atoms with Gasteiger partial charge in [-0.2, -0.15) is 0 Å². The molecule has 2 N–H and O–H groups in total. The molecule has 1 saturated heterocycles. The molecule has 1 rings (SSSR count). The average molecular weight is 258 g/mol. The second-order valence-corrected chi connectivity index (χ2v) is 5.09. The van der Waals surface area contributed by atoms with Gasteiger partial charge in [0.15, 0.2) is 6.29 Å². The predicted octanol–water partition coefficient (Wildman–Crippen LogP) is 1.83. The van der Waals surface area contributed by atoms with E-state index in [1.54, 1.807) is 0 Å². The smallest absolute Gasteiger partial charge is 0.158 e. The zero-order valence-electron chi connectivity index (χ0n) is 12.2. The molecule has 0 aromatic carbocycles. The van der Waals surface area contributed by atoms with Crippen LogP contribution in [0.5, 0.6) is 0 Å². The number of nitrogens with two attached hydrogens (primary N) is 1. The molecular weight excluding hydrogens is 228 g/mol. The fourth-order valence-electron chi connectivity index (χ4n) is 2.85. The van der Waals surface area contributed by atoms with Crippen molar-refractivity contribution >= 4 is 0 Å². The third kappa shape index (κ3) is 4.84. The summed E-state index contributed by atoms with van der Waals surface area (Å²) >= 11 is 0. The highest BCUT2D eigenvalue weighted by Crippen LogP contribution is 2.23. The first kappa shape index (κ1) is 15.9. The van der Waals surface area contributed by atoms with Crippen LogP contribution >= 0.6 is 0 Å². The Hall–Kier alpha value is -0.160. The van der Waals surface area contributed by atoms with Crippen molar-refractivity contribution in [2.75, 3.05) is 32.8 Å². The Morgan fingerprint density at radius 3 is 2.50 bits per heavy atom. The molecule has 0 spiro atoms. The van der Waals surface area contributed by atoms with Crippen LogP contribution in [0.3, 0.4) is 0 Å². The van der Waals surface area contributed by atoms with E-state index in [-0.39, 0.29) is 6.29 Å². The van der Waals surface area contributed by atoms with Crippen molar-refractivity contribution in [1.29, 1.82) is 0 Å². The lowest BCUT2D eigenvalue weighted by molar-refractivity contribution is -0.143. The topological polar surface area (TPSA) is 47.7 Å². The second-order valence-electron chi connectivity index (χ2n) is 5.09. The van der Waals surface area contributed by atoms with Crippen LogP contribution in [0.2, 0.25) is 0 Å². The van der Waals surface area contributed by atoms with Gasteiger partial charge in [-0.1, -0.05) is 6.92 Å². The zero-order chi connectivity index (χ0) is 13.4. The van der Waals surface area contributed by atoms with Gasteiger partial charge >= 0.3 is 0 Å². The molecule has 108 valence electrons. The van der Waals surface area contributed by atoms with Gasteiger partial charge in [0.05, 0.1) is 0 Å². The van der Waals surface area contributed by atoms with E-state index in [2.05, 4.69) is 11.8 Å². The van der Waals surface area contributed by atoms with Crippen LogP contribution in [0, 0.1) is 5.92 Å². The first-order valence-electron chi connectivity index (χ1n) is 7.40. The molecule has 0 amide bonds. The molecule has 4 heteroatoms. The molecular formula is C14H30N2O2. The molecule has 1 fully saturated rings. The number of likely N-dealkylation sites (tertiary alicyclic amines) is 1. The Balaban J connectivity index is 2.38. The summed E-state index contributed by atoms with van der Waals surface area (Å²) in [5.74, 6) is 0.710. The zero-order valence-corrected chi connectivity index (χ0v) is 12.2. The lowest BCUT2D eigenvalue weighted by Crippen LogP contribution is -2.49. The van der Waals surface area contributed by atoms with E-state index in [0.29, 0.717) is 25.2 Å². The Morgan fingerprint density at radius 2 is 1.94 bits per heavy atom. The lowest BCUT2D eigenvalue weighted by Gasteiger charge is -2.40. The van der Waals surface area contributed by atoms with E-state index in [1.807, 2.05) is 13.8 Å². The van der Waals surface area contributed by atoms with E-state index >= 15 is 0 Å². The molecule has 0 bridgehead atoms. The number of rotatable bonds is 8. The van der Waals surface area contributed by atoms with E-state index in [1.165, 1.54) is 12.8 Å². The third-order valence-corrected chi connectivity index (χ3v) is 3.83. The summed E-state index contributed by atoms with van der Waals surface area (Å²) in [4.78, 5) is 2.51. The van der Waals surface area contributed by atoms with Gasteiger partial charge in [-0.15, -0.1) is 0 Å². The molecule has 1 aliphatic heterocycles. The highest BCUT2D eigenvalue weighted by Gasteiger charge is 2.27. The number of nitrogens with zero attached hydrogens (tertiary/aromatic N) is 1. The standard InChI is InChI=1S/C14H30N2O2/c1-4-17-14(18-5-2)8-10-16-9-6-7-12(3)13(16)11-15/h12-14H,4-11,15H2,1-3H3. The van der Waals surface area contributed by atoms with Gasteiger partial charge in [-0.3, -0.25) is 4.90 Å². The molecule has 4 nitrogen and oxygen atoms in total. The highest BCUT2D eigenvalue weighted by atomic mass is 16.7. The molecule has 0 saturated carbocycles. The maximum Gasteiger partial charge on any atom is 0.158 e. The van der Waals surface area contributed by atoms with Crippen LogP contribution in [0.25, 0.3) is 0 Å². The fraction of sp³-hybridized carbons (Fsp3) is 1.00. The monoisotopic (exact) mass is 258 g/mol. The number of ether oxygens (including phenoxy) is 2. The van der Waals surface area contributed by atoms with E-state index in [9.17, 15) is 0 Å². The van der Waals surface area contributed by atoms with Gasteiger partial charge in [-0.25, -0.2) is 0 Å². The van der Waals surface area contributed by atoms with Crippen molar-refractivity contribution < 1.29 is 9.47 Å². The summed E-state index contributed by atoms with van der Waals surface area (Å²) in [5, 5.41) is 0. The van der Waals surface area contributed by atoms with Crippen LogP contribution in [0.1, 0.15) is 40.0 Å². The van der Waals surface area contributed by atoms with Gasteiger partial charge in [0.25, 0.3) is 0 Å². The van der Waals surface area contributed by atoms with Crippen molar-refractivity contribution in [2.24, 2.45) is 11.7 Å². The van der Waals surface area contributed by atoms with Crippen LogP contribution < -0.4 is 5.73 Å². The first-order chi connectivity index (χ1) is 8.72. The van der Waals surface area contributed by atoms with Gasteiger partial charge in [0.1, 0.15) is 0 Å². The molecule has 1 aliphatic rings. The van der Waals surface area contributed by atoms with E-state index in [0.717, 1.165) is 26.1 Å². The number of hydrogen-bond acceptors (Lipinski definition) is 4. The van der Waals surface area contributed by atoms with Crippen LogP contribution in [-0.4, -0.2) is 50.1 Å². The molecule has 2 atom stereocenters. The molecule has 0 aromatic heterocycles. The SMILES string of the molecule is CCOC(CCN1CCCC(C)C1CN)OCC. The minimum Gasteiger partial charge on any atom is -0.353 e. The minimum absolute atomic E-state index is 0.0596. The van der Waals surface area contributed by atoms with Gasteiger partial charge in [0, 0.05) is 38.8 Å². The minimum atomic E-state index is -0.0596. The summed E-state index contributed by atoms with van der Waals surface area (Å²) in [7, 11) is 0. The van der Waals surface area contributed by atoms with E-state index in [4.69, 9.17) is 15.2 Å². The van der Waals surface area contributed by atoms with Crippen molar-refractivity contribution in [3.63, 3.8) is 0 Å². The molecule has 2 unspecified atom stereocenters. The summed E-state index contributed by atoms with van der Waals surface area (Å²) in [6.07, 6.45) is 3.46. The summed E-state index contributed by atoms with van der Waals surface area (Å²) in [6.45, 7) is 10.7. The molecule has 18 heavy (non-hydrogen) atoms. The Bertz CT molecular complexity index is 208. The fourth-order valence-corrected chi connectivity index (χ4v) is 2.85. The lowest BCUT2D eigenvalue weighted by atomic mass is 9.90. The molecule has 1 heterocycles. The van der Waals surface area contributed by atoms with Crippen LogP contribution in [0.4, 0.5) is 0 Å². The third-order valence-electron chi connectivity index (χ3n) is 3.83. The maximum atomic E-state index is 5.90. The molecule has 0 aliphatic carbocycles. The van der Waals surface area contributed by atoms with Crippen LogP contribution in [-0.2, 0) is 9.47 Å². The maximum absolute atomic E-state index is 5.90. The molecule has 0 radical (unpaired) electrons. The average Bonchev–Trinajstić information content (AvgIpc) is 2.36. The predicted molar refractivity (Wildman–Crippen MR) is 74.5 cm³/mol. The Labute approximate surface area is 112 Å². The van der Waals surface area contributed by atoms with Gasteiger partial charge in [-0.05, 0) is 39.2 Å². The van der Waals surface area contributed by atoms with Crippen molar-refractivity contribution in [3.8, 4) is 0 Å². The largest absolute Gasteiger partial charge is 0.353 e. The normalized spacial score (nSPS) is 25.8. The molecule has 0 aromatic rings. The summed E-state index contributed by atoms with van der Waals surface area (Å²) in [6, 6.07) is 0.530. The second kappa shape index (κ2) is 8.86. The van der Waals surface area contributed by atoms with Crippen molar-refractivity contribution in [3.05, 3.63) is 0 Å². The number of piperidine rings is 1. The summed E-state index contributed by atoms with van der Waals surface area (Å²) < 4.78 is 11.2. The van der Waals surface area contributed by atoms with E-state index < -0.39 is 0 Å². The van der Waals surface area contributed by atoms with Crippen LogP contribution in [0.15, 0.2) is 0 Å². The summed E-state index contributed by atoms with van der Waals surface area (Å²) in [5.41, 5.74) is 5.90. The first-order valence-corrected chi connectivity index (χ1v) is 7.40. The highest BCUT2D eigenvalue weighted by molar-refractivity contribution is 4.82. The van der Waals surface area contributed by atoms with Crippen molar-refractivity contribution in [1.82, 2.24) is 4.90 Å².